The van der Waals surface area contributed by atoms with Crippen LogP contribution in [0, 0.1) is 0 Å². The van der Waals surface area contributed by atoms with Crippen LogP contribution in [0.1, 0.15) is 60.9 Å². The second-order valence-electron chi connectivity index (χ2n) is 6.39. The number of methoxy groups -OCH3 is 1. The molecular weight excluding hydrogens is 304 g/mol. The molecule has 1 aromatic rings. The number of ether oxygens (including phenoxy) is 1. The van der Waals surface area contributed by atoms with E-state index < -0.39 is 0 Å². The first-order valence-electron chi connectivity index (χ1n) is 8.86. The zero-order valence-electron chi connectivity index (χ0n) is 14.5. The van der Waals surface area contributed by atoms with Crippen LogP contribution >= 0.6 is 0 Å². The average molecular weight is 332 g/mol. The molecule has 5 nitrogen and oxygen atoms in total. The molecule has 0 unspecified atom stereocenters. The summed E-state index contributed by atoms with van der Waals surface area (Å²) in [5.41, 5.74) is 1.47. The van der Waals surface area contributed by atoms with Crippen molar-refractivity contribution in [2.24, 2.45) is 0 Å². The van der Waals surface area contributed by atoms with Crippen molar-refractivity contribution in [1.29, 1.82) is 0 Å². The topological polar surface area (TPSA) is 67.4 Å². The van der Waals surface area contributed by atoms with Crippen LogP contribution in [0.3, 0.4) is 0 Å². The van der Waals surface area contributed by atoms with Crippen LogP contribution in [0.4, 0.5) is 0 Å². The molecular formula is C19H28N2O3. The van der Waals surface area contributed by atoms with Crippen molar-refractivity contribution >= 4 is 11.9 Å². The van der Waals surface area contributed by atoms with E-state index in [-0.39, 0.29) is 11.9 Å². The molecule has 1 aliphatic carbocycles. The van der Waals surface area contributed by atoms with Gasteiger partial charge >= 0.3 is 5.97 Å². The maximum atomic E-state index is 12.0. The van der Waals surface area contributed by atoms with Crippen LogP contribution in [0.25, 0.3) is 0 Å². The molecule has 0 spiro atoms. The number of nitrogens with one attached hydrogen (secondary N) is 2. The van der Waals surface area contributed by atoms with E-state index in [4.69, 9.17) is 0 Å². The molecule has 0 aromatic heterocycles. The van der Waals surface area contributed by atoms with Gasteiger partial charge in [0.1, 0.15) is 0 Å². The molecule has 0 saturated heterocycles. The highest BCUT2D eigenvalue weighted by Crippen LogP contribution is 2.16. The number of rotatable bonds is 6. The molecule has 1 aromatic carbocycles. The summed E-state index contributed by atoms with van der Waals surface area (Å²) < 4.78 is 4.66. The molecule has 132 valence electrons. The van der Waals surface area contributed by atoms with Crippen molar-refractivity contribution in [3.8, 4) is 0 Å². The van der Waals surface area contributed by atoms with Gasteiger partial charge in [-0.05, 0) is 30.5 Å². The Kier molecular flexibility index (Phi) is 7.75. The number of carbonyl (C=O) groups is 2. The number of esters is 1. The van der Waals surface area contributed by atoms with E-state index in [1.165, 1.54) is 52.1 Å². The quantitative estimate of drug-likeness (QED) is 0.786. The zero-order valence-corrected chi connectivity index (χ0v) is 14.5. The zero-order chi connectivity index (χ0) is 17.2. The van der Waals surface area contributed by atoms with Gasteiger partial charge in [-0.25, -0.2) is 4.79 Å². The van der Waals surface area contributed by atoms with Crippen LogP contribution < -0.4 is 10.6 Å². The standard InChI is InChI=1S/C19H28N2O3/c1-24-19(23)16-11-9-15(10-12-16)13-21-18(22)14-20-17-7-5-3-2-4-6-8-17/h9-12,17,20H,2-8,13-14H2,1H3,(H,21,22). The van der Waals surface area contributed by atoms with Crippen molar-refractivity contribution in [2.75, 3.05) is 13.7 Å². The lowest BCUT2D eigenvalue weighted by molar-refractivity contribution is -0.120. The number of carbonyl (C=O) groups excluding carboxylic acids is 2. The Hall–Kier alpha value is -1.88. The fourth-order valence-corrected chi connectivity index (χ4v) is 3.04. The smallest absolute Gasteiger partial charge is 0.337 e. The number of hydrogen-bond acceptors (Lipinski definition) is 4. The summed E-state index contributed by atoms with van der Waals surface area (Å²) in [6, 6.07) is 7.54. The van der Waals surface area contributed by atoms with Gasteiger partial charge in [0.2, 0.25) is 5.91 Å². The first kappa shape index (κ1) is 18.5. The summed E-state index contributed by atoms with van der Waals surface area (Å²) in [5.74, 6) is -0.344. The molecule has 0 atom stereocenters. The summed E-state index contributed by atoms with van der Waals surface area (Å²) in [7, 11) is 1.36. The van der Waals surface area contributed by atoms with Crippen LogP contribution in [-0.4, -0.2) is 31.6 Å². The lowest BCUT2D eigenvalue weighted by Gasteiger charge is -2.20. The fourth-order valence-electron chi connectivity index (χ4n) is 3.04. The molecule has 0 heterocycles. The third-order valence-electron chi connectivity index (χ3n) is 4.52. The fraction of sp³-hybridized carbons (Fsp3) is 0.579. The van der Waals surface area contributed by atoms with Crippen molar-refractivity contribution in [3.05, 3.63) is 35.4 Å². The minimum absolute atomic E-state index is 0.00843. The Bertz CT molecular complexity index is 520. The van der Waals surface area contributed by atoms with Crippen LogP contribution in [0.15, 0.2) is 24.3 Å². The van der Waals surface area contributed by atoms with Gasteiger partial charge in [0, 0.05) is 12.6 Å². The maximum Gasteiger partial charge on any atom is 0.337 e. The SMILES string of the molecule is COC(=O)c1ccc(CNC(=O)CNC2CCCCCCC2)cc1. The molecule has 24 heavy (non-hydrogen) atoms. The summed E-state index contributed by atoms with van der Waals surface area (Å²) in [6.07, 6.45) is 8.82. The van der Waals surface area contributed by atoms with E-state index >= 15 is 0 Å². The highest BCUT2D eigenvalue weighted by molar-refractivity contribution is 5.89. The van der Waals surface area contributed by atoms with Gasteiger partial charge in [0.15, 0.2) is 0 Å². The molecule has 5 heteroatoms. The van der Waals surface area contributed by atoms with E-state index in [0.717, 1.165) is 5.56 Å². The second kappa shape index (κ2) is 10.1. The highest BCUT2D eigenvalue weighted by Gasteiger charge is 2.12. The van der Waals surface area contributed by atoms with Crippen molar-refractivity contribution in [2.45, 2.75) is 57.5 Å². The Morgan fingerprint density at radius 1 is 1.04 bits per heavy atom. The molecule has 1 fully saturated rings. The maximum absolute atomic E-state index is 12.0. The lowest BCUT2D eigenvalue weighted by Crippen LogP contribution is -2.39. The minimum atomic E-state index is -0.353. The monoisotopic (exact) mass is 332 g/mol. The molecule has 2 rings (SSSR count). The Morgan fingerprint density at radius 3 is 2.29 bits per heavy atom. The first-order valence-corrected chi connectivity index (χ1v) is 8.86. The van der Waals surface area contributed by atoms with Gasteiger partial charge in [0.05, 0.1) is 19.2 Å². The van der Waals surface area contributed by atoms with Gasteiger partial charge in [-0.1, -0.05) is 44.2 Å². The Labute approximate surface area is 144 Å². The van der Waals surface area contributed by atoms with Gasteiger partial charge in [0.25, 0.3) is 0 Å². The molecule has 2 N–H and O–H groups in total. The summed E-state index contributed by atoms with van der Waals surface area (Å²) in [4.78, 5) is 23.4. The third-order valence-corrected chi connectivity index (χ3v) is 4.52. The van der Waals surface area contributed by atoms with Gasteiger partial charge in [-0.15, -0.1) is 0 Å². The van der Waals surface area contributed by atoms with Gasteiger partial charge < -0.3 is 15.4 Å². The number of amides is 1. The van der Waals surface area contributed by atoms with E-state index in [1.807, 2.05) is 12.1 Å². The van der Waals surface area contributed by atoms with Crippen molar-refractivity contribution in [3.63, 3.8) is 0 Å². The van der Waals surface area contributed by atoms with E-state index in [2.05, 4.69) is 15.4 Å². The van der Waals surface area contributed by atoms with Crippen LogP contribution in [0.2, 0.25) is 0 Å². The predicted octanol–water partition coefficient (Wildman–Crippen LogP) is 2.79. The largest absolute Gasteiger partial charge is 0.465 e. The summed E-state index contributed by atoms with van der Waals surface area (Å²) in [5, 5.41) is 6.30. The second-order valence-corrected chi connectivity index (χ2v) is 6.39. The number of benzene rings is 1. The van der Waals surface area contributed by atoms with E-state index in [0.29, 0.717) is 24.7 Å². The van der Waals surface area contributed by atoms with Crippen molar-refractivity contribution in [1.82, 2.24) is 10.6 Å². The lowest BCUT2D eigenvalue weighted by atomic mass is 9.97. The number of hydrogen-bond donors (Lipinski definition) is 2. The van der Waals surface area contributed by atoms with Crippen LogP contribution in [0.5, 0.6) is 0 Å². The molecule has 0 radical (unpaired) electrons. The normalized spacial score (nSPS) is 16.0. The molecule has 1 saturated carbocycles. The Morgan fingerprint density at radius 2 is 1.67 bits per heavy atom. The highest BCUT2D eigenvalue weighted by atomic mass is 16.5. The minimum Gasteiger partial charge on any atom is -0.465 e. The van der Waals surface area contributed by atoms with Crippen molar-refractivity contribution < 1.29 is 14.3 Å². The first-order chi connectivity index (χ1) is 11.7. The average Bonchev–Trinajstić information content (AvgIpc) is 2.58. The third kappa shape index (κ3) is 6.32. The van der Waals surface area contributed by atoms with E-state index in [9.17, 15) is 9.59 Å². The van der Waals surface area contributed by atoms with Crippen LogP contribution in [-0.2, 0) is 16.1 Å². The summed E-state index contributed by atoms with van der Waals surface area (Å²) >= 11 is 0. The molecule has 1 amide bonds. The van der Waals surface area contributed by atoms with E-state index in [1.54, 1.807) is 12.1 Å². The summed E-state index contributed by atoms with van der Waals surface area (Å²) in [6.45, 7) is 0.831. The Balaban J connectivity index is 1.69. The molecule has 0 bridgehead atoms. The van der Waals surface area contributed by atoms with Gasteiger partial charge in [-0.2, -0.15) is 0 Å². The molecule has 0 aliphatic heterocycles. The predicted molar refractivity (Wildman–Crippen MR) is 93.7 cm³/mol. The molecule has 1 aliphatic rings. The van der Waals surface area contributed by atoms with Gasteiger partial charge in [-0.3, -0.25) is 4.79 Å².